The Hall–Kier alpha value is -2.13. The lowest BCUT2D eigenvalue weighted by Gasteiger charge is -2.08. The van der Waals surface area contributed by atoms with E-state index in [4.69, 9.17) is 16.7 Å². The molecular formula is C17H16ClN3O3S2. The number of nitrogens with one attached hydrogen (secondary N) is 2. The van der Waals surface area contributed by atoms with E-state index in [1.165, 1.54) is 11.3 Å². The molecule has 1 amide bonds. The highest BCUT2D eigenvalue weighted by molar-refractivity contribution is 7.90. The van der Waals surface area contributed by atoms with Crippen molar-refractivity contribution in [2.24, 2.45) is 5.14 Å². The monoisotopic (exact) mass is 409 g/mol. The standard InChI is InChI=1S/C17H16ClN3O3S2/c1-10-4-2-7-13-14(10)15(18)16(25-13)17(22)20-9-11-5-3-6-12(8-11)21-26(19,23)24/h2-8,21H,9H2,1H3,(H,20,22)(H2,19,23,24). The number of hydrogen-bond donors (Lipinski definition) is 3. The number of benzene rings is 2. The Morgan fingerprint density at radius 3 is 2.65 bits per heavy atom. The summed E-state index contributed by atoms with van der Waals surface area (Å²) in [6.07, 6.45) is 0. The summed E-state index contributed by atoms with van der Waals surface area (Å²) in [4.78, 5) is 13.0. The van der Waals surface area contributed by atoms with Crippen LogP contribution in [0.1, 0.15) is 20.8 Å². The van der Waals surface area contributed by atoms with E-state index < -0.39 is 10.2 Å². The van der Waals surface area contributed by atoms with Crippen LogP contribution in [0.3, 0.4) is 0 Å². The Bertz CT molecular complexity index is 1090. The Kier molecular flexibility index (Phi) is 5.19. The van der Waals surface area contributed by atoms with Crippen molar-refractivity contribution >= 4 is 54.8 Å². The van der Waals surface area contributed by atoms with Crippen LogP contribution in [-0.2, 0) is 16.8 Å². The first-order chi connectivity index (χ1) is 12.2. The third-order valence-corrected chi connectivity index (χ3v) is 5.88. The van der Waals surface area contributed by atoms with Gasteiger partial charge in [-0.3, -0.25) is 9.52 Å². The molecule has 26 heavy (non-hydrogen) atoms. The molecular weight excluding hydrogens is 394 g/mol. The van der Waals surface area contributed by atoms with Crippen molar-refractivity contribution in [1.82, 2.24) is 5.32 Å². The highest BCUT2D eigenvalue weighted by Crippen LogP contribution is 2.37. The molecule has 0 spiro atoms. The second-order valence-corrected chi connectivity index (χ2v) is 8.45. The van der Waals surface area contributed by atoms with E-state index in [9.17, 15) is 13.2 Å². The minimum Gasteiger partial charge on any atom is -0.347 e. The van der Waals surface area contributed by atoms with Crippen LogP contribution in [0, 0.1) is 6.92 Å². The van der Waals surface area contributed by atoms with E-state index in [0.717, 1.165) is 21.2 Å². The van der Waals surface area contributed by atoms with Gasteiger partial charge in [0.25, 0.3) is 16.1 Å². The van der Waals surface area contributed by atoms with Gasteiger partial charge in [-0.15, -0.1) is 11.3 Å². The van der Waals surface area contributed by atoms with Gasteiger partial charge in [0.2, 0.25) is 0 Å². The van der Waals surface area contributed by atoms with Crippen LogP contribution < -0.4 is 15.2 Å². The summed E-state index contributed by atoms with van der Waals surface area (Å²) in [6, 6.07) is 12.4. The topological polar surface area (TPSA) is 101 Å². The zero-order chi connectivity index (χ0) is 18.9. The average molecular weight is 410 g/mol. The molecule has 4 N–H and O–H groups in total. The van der Waals surface area contributed by atoms with Crippen molar-refractivity contribution in [3.8, 4) is 0 Å². The fraction of sp³-hybridized carbons (Fsp3) is 0.118. The largest absolute Gasteiger partial charge is 0.347 e. The number of thiophene rings is 1. The summed E-state index contributed by atoms with van der Waals surface area (Å²) in [5.74, 6) is -0.277. The third kappa shape index (κ3) is 4.16. The van der Waals surface area contributed by atoms with Crippen molar-refractivity contribution in [2.45, 2.75) is 13.5 Å². The van der Waals surface area contributed by atoms with Crippen molar-refractivity contribution in [2.75, 3.05) is 4.72 Å². The highest BCUT2D eigenvalue weighted by atomic mass is 35.5. The molecule has 0 fully saturated rings. The summed E-state index contributed by atoms with van der Waals surface area (Å²) in [7, 11) is -3.85. The number of amides is 1. The number of fused-ring (bicyclic) bond motifs is 1. The van der Waals surface area contributed by atoms with Gasteiger partial charge in [-0.05, 0) is 36.2 Å². The summed E-state index contributed by atoms with van der Waals surface area (Å²) >= 11 is 7.74. The number of rotatable bonds is 5. The van der Waals surface area contributed by atoms with E-state index in [1.54, 1.807) is 24.3 Å². The SMILES string of the molecule is Cc1cccc2sc(C(=O)NCc3cccc(NS(N)(=O)=O)c3)c(Cl)c12. The Morgan fingerprint density at radius 2 is 1.96 bits per heavy atom. The molecule has 0 bridgehead atoms. The fourth-order valence-corrected chi connectivity index (χ4v) is 4.65. The normalized spacial score (nSPS) is 11.5. The van der Waals surface area contributed by atoms with Crippen LogP contribution >= 0.6 is 22.9 Å². The van der Waals surface area contributed by atoms with Gasteiger partial charge < -0.3 is 5.32 Å². The van der Waals surface area contributed by atoms with E-state index in [0.29, 0.717) is 15.6 Å². The summed E-state index contributed by atoms with van der Waals surface area (Å²) in [5, 5.41) is 9.11. The predicted molar refractivity (Wildman–Crippen MR) is 106 cm³/mol. The molecule has 3 rings (SSSR count). The van der Waals surface area contributed by atoms with Gasteiger partial charge in [0.15, 0.2) is 0 Å². The Morgan fingerprint density at radius 1 is 1.23 bits per heavy atom. The maximum Gasteiger partial charge on any atom is 0.296 e. The van der Waals surface area contributed by atoms with Crippen LogP contribution in [0.4, 0.5) is 5.69 Å². The smallest absolute Gasteiger partial charge is 0.296 e. The molecule has 0 aliphatic rings. The lowest BCUT2D eigenvalue weighted by Crippen LogP contribution is -2.23. The number of aryl methyl sites for hydroxylation is 1. The van der Waals surface area contributed by atoms with Gasteiger partial charge >= 0.3 is 0 Å². The van der Waals surface area contributed by atoms with Crippen molar-refractivity contribution < 1.29 is 13.2 Å². The van der Waals surface area contributed by atoms with Gasteiger partial charge in [-0.1, -0.05) is 35.9 Å². The summed E-state index contributed by atoms with van der Waals surface area (Å²) < 4.78 is 25.3. The molecule has 9 heteroatoms. The first-order valence-corrected chi connectivity index (χ1v) is 10.3. The predicted octanol–water partition coefficient (Wildman–Crippen LogP) is 3.41. The van der Waals surface area contributed by atoms with Gasteiger partial charge in [0.05, 0.1) is 10.7 Å². The quantitative estimate of drug-likeness (QED) is 0.601. The highest BCUT2D eigenvalue weighted by Gasteiger charge is 2.18. The third-order valence-electron chi connectivity index (χ3n) is 3.71. The molecule has 0 unspecified atom stereocenters. The molecule has 0 atom stereocenters. The number of halogens is 1. The van der Waals surface area contributed by atoms with Crippen molar-refractivity contribution in [1.29, 1.82) is 0 Å². The number of anilines is 1. The lowest BCUT2D eigenvalue weighted by atomic mass is 10.1. The molecule has 3 aromatic rings. The van der Waals surface area contributed by atoms with E-state index in [2.05, 4.69) is 10.0 Å². The first-order valence-electron chi connectivity index (χ1n) is 7.60. The molecule has 0 radical (unpaired) electrons. The second kappa shape index (κ2) is 7.24. The van der Waals surface area contributed by atoms with Crippen LogP contribution in [0.25, 0.3) is 10.1 Å². The summed E-state index contributed by atoms with van der Waals surface area (Å²) in [5.41, 5.74) is 2.07. The Balaban J connectivity index is 1.77. The first kappa shape index (κ1) is 18.7. The van der Waals surface area contributed by atoms with Crippen LogP contribution in [0.15, 0.2) is 42.5 Å². The maximum atomic E-state index is 12.5. The molecule has 0 aliphatic carbocycles. The van der Waals surface area contributed by atoms with Gasteiger partial charge in [-0.25, -0.2) is 5.14 Å². The van der Waals surface area contributed by atoms with Crippen molar-refractivity contribution in [3.05, 3.63) is 63.5 Å². The molecule has 1 aromatic heterocycles. The van der Waals surface area contributed by atoms with Gasteiger partial charge in [0.1, 0.15) is 4.88 Å². The molecule has 2 aromatic carbocycles. The zero-order valence-corrected chi connectivity index (χ0v) is 16.1. The van der Waals surface area contributed by atoms with Crippen molar-refractivity contribution in [3.63, 3.8) is 0 Å². The number of hydrogen-bond acceptors (Lipinski definition) is 4. The van der Waals surface area contributed by atoms with E-state index in [-0.39, 0.29) is 12.5 Å². The minimum absolute atomic E-state index is 0.225. The van der Waals surface area contributed by atoms with Crippen LogP contribution in [-0.4, -0.2) is 14.3 Å². The molecule has 136 valence electrons. The molecule has 0 saturated heterocycles. The molecule has 6 nitrogen and oxygen atoms in total. The number of carbonyl (C=O) groups is 1. The van der Waals surface area contributed by atoms with Crippen LogP contribution in [0.2, 0.25) is 5.02 Å². The van der Waals surface area contributed by atoms with Gasteiger partial charge in [-0.2, -0.15) is 8.42 Å². The molecule has 0 saturated carbocycles. The molecule has 1 heterocycles. The fourth-order valence-electron chi connectivity index (χ4n) is 2.59. The minimum atomic E-state index is -3.85. The average Bonchev–Trinajstić information content (AvgIpc) is 2.90. The van der Waals surface area contributed by atoms with Gasteiger partial charge in [0, 0.05) is 16.6 Å². The maximum absolute atomic E-state index is 12.5. The zero-order valence-electron chi connectivity index (χ0n) is 13.7. The van der Waals surface area contributed by atoms with E-state index in [1.807, 2.05) is 25.1 Å². The summed E-state index contributed by atoms with van der Waals surface area (Å²) in [6.45, 7) is 2.18. The number of carbonyl (C=O) groups excluding carboxylic acids is 1. The van der Waals surface area contributed by atoms with Crippen LogP contribution in [0.5, 0.6) is 0 Å². The Labute approximate surface area is 160 Å². The van der Waals surface area contributed by atoms with E-state index >= 15 is 0 Å². The lowest BCUT2D eigenvalue weighted by molar-refractivity contribution is 0.0955. The second-order valence-electron chi connectivity index (χ2n) is 5.72. The number of nitrogens with two attached hydrogens (primary N) is 1. The molecule has 0 aliphatic heterocycles.